The van der Waals surface area contributed by atoms with Crippen molar-refractivity contribution >= 4 is 0 Å². The summed E-state index contributed by atoms with van der Waals surface area (Å²) >= 11 is 0. The van der Waals surface area contributed by atoms with Gasteiger partial charge in [-0.15, -0.1) is 0 Å². The molecule has 0 atom stereocenters. The highest BCUT2D eigenvalue weighted by molar-refractivity contribution is 4.93. The summed E-state index contributed by atoms with van der Waals surface area (Å²) in [6, 6.07) is 0. The molecule has 0 aromatic carbocycles. The third kappa shape index (κ3) is 2.80. The van der Waals surface area contributed by atoms with Crippen LogP contribution < -0.4 is 5.73 Å². The van der Waals surface area contributed by atoms with Gasteiger partial charge in [-0.2, -0.15) is 0 Å². The third-order valence-corrected chi connectivity index (χ3v) is 2.70. The zero-order chi connectivity index (χ0) is 8.32. The van der Waals surface area contributed by atoms with Crippen molar-refractivity contribution < 1.29 is 0 Å². The molecule has 0 aromatic heterocycles. The zero-order valence-electron chi connectivity index (χ0n) is 7.77. The van der Waals surface area contributed by atoms with Gasteiger partial charge in [0.15, 0.2) is 0 Å². The van der Waals surface area contributed by atoms with Gasteiger partial charge in [-0.3, -0.25) is 0 Å². The van der Waals surface area contributed by atoms with E-state index in [1.54, 1.807) is 0 Å². The van der Waals surface area contributed by atoms with Crippen LogP contribution in [0.5, 0.6) is 0 Å². The molecule has 0 radical (unpaired) electrons. The molecule has 2 nitrogen and oxygen atoms in total. The molecule has 1 saturated carbocycles. The Morgan fingerprint density at radius 1 is 1.36 bits per heavy atom. The van der Waals surface area contributed by atoms with Gasteiger partial charge in [0.2, 0.25) is 0 Å². The van der Waals surface area contributed by atoms with Gasteiger partial charge >= 0.3 is 0 Å². The normalized spacial score (nSPS) is 20.7. The molecule has 2 N–H and O–H groups in total. The van der Waals surface area contributed by atoms with E-state index in [0.717, 1.165) is 6.54 Å². The van der Waals surface area contributed by atoms with E-state index >= 15 is 0 Å². The summed E-state index contributed by atoms with van der Waals surface area (Å²) in [6.45, 7) is 2.11. The van der Waals surface area contributed by atoms with Gasteiger partial charge in [-0.05, 0) is 58.3 Å². The largest absolute Gasteiger partial charge is 0.330 e. The number of hydrogen-bond donors (Lipinski definition) is 1. The molecule has 0 bridgehead atoms. The first-order valence-corrected chi connectivity index (χ1v) is 4.53. The predicted octanol–water partition coefficient (Wildman–Crippen LogP) is 1.07. The molecule has 2 heteroatoms. The van der Waals surface area contributed by atoms with Crippen LogP contribution in [0.15, 0.2) is 0 Å². The summed E-state index contributed by atoms with van der Waals surface area (Å²) < 4.78 is 0. The molecule has 66 valence electrons. The molecule has 0 aliphatic heterocycles. The van der Waals surface area contributed by atoms with Crippen molar-refractivity contribution in [2.45, 2.75) is 25.7 Å². The summed E-state index contributed by atoms with van der Waals surface area (Å²) in [4.78, 5) is 2.24. The minimum atomic E-state index is 0.579. The average Bonchev–Trinajstić information content (AvgIpc) is 2.69. The molecule has 1 rings (SSSR count). The summed E-state index contributed by atoms with van der Waals surface area (Å²) in [5, 5.41) is 0. The Labute approximate surface area is 69.8 Å². The number of rotatable bonds is 5. The third-order valence-electron chi connectivity index (χ3n) is 2.70. The molecule has 0 aromatic rings. The monoisotopic (exact) mass is 156 g/mol. The molecule has 0 spiro atoms. The second kappa shape index (κ2) is 3.55. The lowest BCUT2D eigenvalue weighted by molar-refractivity contribution is 0.359. The van der Waals surface area contributed by atoms with Gasteiger partial charge < -0.3 is 10.6 Å². The van der Waals surface area contributed by atoms with Crippen LogP contribution >= 0.6 is 0 Å². The highest BCUT2D eigenvalue weighted by Crippen LogP contribution is 2.48. The van der Waals surface area contributed by atoms with Crippen molar-refractivity contribution in [3.8, 4) is 0 Å². The van der Waals surface area contributed by atoms with E-state index in [1.165, 1.54) is 32.2 Å². The number of hydrogen-bond acceptors (Lipinski definition) is 2. The molecule has 0 amide bonds. The van der Waals surface area contributed by atoms with Gasteiger partial charge in [-0.1, -0.05) is 0 Å². The highest BCUT2D eigenvalue weighted by Gasteiger charge is 2.39. The average molecular weight is 156 g/mol. The van der Waals surface area contributed by atoms with E-state index < -0.39 is 0 Å². The van der Waals surface area contributed by atoms with Crippen LogP contribution in [0.3, 0.4) is 0 Å². The van der Waals surface area contributed by atoms with E-state index in [9.17, 15) is 0 Å². The van der Waals surface area contributed by atoms with Crippen LogP contribution in [-0.2, 0) is 0 Å². The first kappa shape index (κ1) is 9.01. The zero-order valence-corrected chi connectivity index (χ0v) is 7.77. The fraction of sp³-hybridized carbons (Fsp3) is 1.00. The van der Waals surface area contributed by atoms with Gasteiger partial charge in [0.1, 0.15) is 0 Å². The molecule has 0 heterocycles. The van der Waals surface area contributed by atoms with Crippen LogP contribution in [0.1, 0.15) is 25.7 Å². The summed E-state index contributed by atoms with van der Waals surface area (Å²) in [7, 11) is 4.25. The summed E-state index contributed by atoms with van der Waals surface area (Å²) in [5.74, 6) is 0. The van der Waals surface area contributed by atoms with Crippen molar-refractivity contribution in [2.24, 2.45) is 11.1 Å². The van der Waals surface area contributed by atoms with Gasteiger partial charge in [0.05, 0.1) is 0 Å². The lowest BCUT2D eigenvalue weighted by Crippen LogP contribution is -2.19. The van der Waals surface area contributed by atoms with Crippen LogP contribution in [0.2, 0.25) is 0 Å². The Bertz CT molecular complexity index is 117. The Morgan fingerprint density at radius 3 is 2.36 bits per heavy atom. The van der Waals surface area contributed by atoms with E-state index in [4.69, 9.17) is 5.73 Å². The number of nitrogens with two attached hydrogens (primary N) is 1. The molecule has 0 unspecified atom stereocenters. The maximum Gasteiger partial charge on any atom is -0.00205 e. The topological polar surface area (TPSA) is 29.3 Å². The highest BCUT2D eigenvalue weighted by atomic mass is 15.0. The van der Waals surface area contributed by atoms with Crippen molar-refractivity contribution in [3.05, 3.63) is 0 Å². The fourth-order valence-electron chi connectivity index (χ4n) is 1.50. The Balaban J connectivity index is 2.03. The maximum atomic E-state index is 5.67. The molecule has 1 fully saturated rings. The lowest BCUT2D eigenvalue weighted by Gasteiger charge is -2.14. The molecule has 11 heavy (non-hydrogen) atoms. The minimum Gasteiger partial charge on any atom is -0.330 e. The summed E-state index contributed by atoms with van der Waals surface area (Å²) in [5.41, 5.74) is 6.25. The van der Waals surface area contributed by atoms with Gasteiger partial charge in [0.25, 0.3) is 0 Å². The van der Waals surface area contributed by atoms with E-state index in [2.05, 4.69) is 19.0 Å². The second-order valence-electron chi connectivity index (χ2n) is 4.11. The van der Waals surface area contributed by atoms with E-state index in [-0.39, 0.29) is 0 Å². The quantitative estimate of drug-likeness (QED) is 0.645. The first-order chi connectivity index (χ1) is 5.18. The Hall–Kier alpha value is -0.0800. The lowest BCUT2D eigenvalue weighted by atomic mass is 10.0. The van der Waals surface area contributed by atoms with Crippen LogP contribution in [-0.4, -0.2) is 32.1 Å². The smallest absolute Gasteiger partial charge is 0.00205 e. The minimum absolute atomic E-state index is 0.579. The second-order valence-corrected chi connectivity index (χ2v) is 4.11. The molecular weight excluding hydrogens is 136 g/mol. The summed E-state index contributed by atoms with van der Waals surface area (Å²) in [6.07, 6.45) is 5.39. The first-order valence-electron chi connectivity index (χ1n) is 4.53. The molecule has 0 saturated heterocycles. The molecule has 1 aliphatic carbocycles. The Morgan fingerprint density at radius 2 is 2.00 bits per heavy atom. The van der Waals surface area contributed by atoms with Crippen LogP contribution in [0.4, 0.5) is 0 Å². The van der Waals surface area contributed by atoms with Crippen molar-refractivity contribution in [1.29, 1.82) is 0 Å². The van der Waals surface area contributed by atoms with E-state index in [0.29, 0.717) is 5.41 Å². The molecule has 1 aliphatic rings. The van der Waals surface area contributed by atoms with E-state index in [1.807, 2.05) is 0 Å². The van der Waals surface area contributed by atoms with Crippen LogP contribution in [0, 0.1) is 5.41 Å². The fourth-order valence-corrected chi connectivity index (χ4v) is 1.50. The SMILES string of the molecule is CN(C)CCCC1(CN)CC1. The number of nitrogens with zero attached hydrogens (tertiary/aromatic N) is 1. The van der Waals surface area contributed by atoms with Gasteiger partial charge in [-0.25, -0.2) is 0 Å². The maximum absolute atomic E-state index is 5.67. The van der Waals surface area contributed by atoms with Crippen LogP contribution in [0.25, 0.3) is 0 Å². The molecular formula is C9H20N2. The van der Waals surface area contributed by atoms with Crippen molar-refractivity contribution in [2.75, 3.05) is 27.2 Å². The standard InChI is InChI=1S/C9H20N2/c1-11(2)7-3-4-9(8-10)5-6-9/h3-8,10H2,1-2H3. The van der Waals surface area contributed by atoms with Crippen molar-refractivity contribution in [3.63, 3.8) is 0 Å². The Kier molecular flexibility index (Phi) is 2.90. The predicted molar refractivity (Wildman–Crippen MR) is 48.5 cm³/mol. The van der Waals surface area contributed by atoms with Crippen molar-refractivity contribution in [1.82, 2.24) is 4.90 Å². The van der Waals surface area contributed by atoms with Gasteiger partial charge in [0, 0.05) is 0 Å².